The average molecular weight is 438 g/mol. The number of fused-ring (bicyclic) bond motifs is 1. The summed E-state index contributed by atoms with van der Waals surface area (Å²) in [4.78, 5) is 18.6. The third-order valence-corrected chi connectivity index (χ3v) is 6.69. The van der Waals surface area contributed by atoms with E-state index in [0.717, 1.165) is 45.0 Å². The minimum atomic E-state index is -0.133. The molecule has 166 valence electrons. The molecule has 0 unspecified atom stereocenters. The molecule has 0 spiro atoms. The van der Waals surface area contributed by atoms with E-state index in [1.54, 1.807) is 0 Å². The van der Waals surface area contributed by atoms with Crippen molar-refractivity contribution < 1.29 is 0 Å². The Kier molecular flexibility index (Phi) is 4.68. The van der Waals surface area contributed by atoms with Gasteiger partial charge in [-0.05, 0) is 66.3 Å². The van der Waals surface area contributed by atoms with E-state index < -0.39 is 0 Å². The summed E-state index contributed by atoms with van der Waals surface area (Å²) in [5.74, 6) is 1.27. The van der Waals surface area contributed by atoms with Crippen molar-refractivity contribution in [3.05, 3.63) is 75.3 Å². The molecule has 0 atom stereocenters. The van der Waals surface area contributed by atoms with Gasteiger partial charge in [0.15, 0.2) is 0 Å². The number of pyridine rings is 1. The minimum absolute atomic E-state index is 0.133. The number of aromatic nitrogens is 4. The Labute approximate surface area is 191 Å². The molecule has 2 aliphatic carbocycles. The zero-order valence-corrected chi connectivity index (χ0v) is 18.8. The van der Waals surface area contributed by atoms with Gasteiger partial charge in [0.05, 0.1) is 16.8 Å². The highest BCUT2D eigenvalue weighted by atomic mass is 16.1. The summed E-state index contributed by atoms with van der Waals surface area (Å²) in [5.41, 5.74) is 4.93. The van der Waals surface area contributed by atoms with Gasteiger partial charge < -0.3 is 9.88 Å². The van der Waals surface area contributed by atoms with Crippen LogP contribution in [-0.2, 0) is 6.54 Å². The number of rotatable bonds is 6. The highest BCUT2D eigenvalue weighted by Gasteiger charge is 2.26. The highest BCUT2D eigenvalue weighted by molar-refractivity contribution is 5.91. The summed E-state index contributed by atoms with van der Waals surface area (Å²) in [7, 11) is 1.85. The molecular weight excluding hydrogens is 410 g/mol. The molecule has 2 saturated carbocycles. The molecular formula is C27H27N5O. The standard InChI is InChI=1S/C27H27N5O/c1-17-3-9-22(13-21(17)14-28-2)32-27(33)25(20-8-10-23(29-15-20)19-6-7-19)26-24(30-32)11-12-31(26)16-18-4-5-18/h3,8-15,18-19,28H,1,4-7,16H2,2H3/b21-14-. The maximum atomic E-state index is 13.9. The summed E-state index contributed by atoms with van der Waals surface area (Å²) in [6.07, 6.45) is 10.7. The molecule has 2 aliphatic rings. The zero-order chi connectivity index (χ0) is 22.5. The van der Waals surface area contributed by atoms with E-state index in [0.29, 0.717) is 17.4 Å². The number of benzene rings is 1. The topological polar surface area (TPSA) is 64.7 Å². The first-order chi connectivity index (χ1) is 16.1. The first-order valence-corrected chi connectivity index (χ1v) is 11.7. The lowest BCUT2D eigenvalue weighted by Crippen LogP contribution is -2.29. The molecule has 2 fully saturated rings. The van der Waals surface area contributed by atoms with Crippen molar-refractivity contribution in [2.45, 2.75) is 38.1 Å². The summed E-state index contributed by atoms with van der Waals surface area (Å²) >= 11 is 0. The zero-order valence-electron chi connectivity index (χ0n) is 18.8. The molecule has 0 aliphatic heterocycles. The van der Waals surface area contributed by atoms with E-state index >= 15 is 0 Å². The van der Waals surface area contributed by atoms with Crippen LogP contribution in [-0.4, -0.2) is 26.4 Å². The van der Waals surface area contributed by atoms with Crippen LogP contribution in [0.3, 0.4) is 0 Å². The van der Waals surface area contributed by atoms with Gasteiger partial charge in [-0.15, -0.1) is 0 Å². The normalized spacial score (nSPS) is 16.5. The van der Waals surface area contributed by atoms with E-state index in [1.807, 2.05) is 43.7 Å². The molecule has 6 heteroatoms. The second kappa shape index (κ2) is 7.73. The Bertz CT molecular complexity index is 1520. The Balaban J connectivity index is 1.59. The van der Waals surface area contributed by atoms with E-state index in [2.05, 4.69) is 34.8 Å². The lowest BCUT2D eigenvalue weighted by Gasteiger charge is -2.13. The van der Waals surface area contributed by atoms with Crippen LogP contribution in [0.2, 0.25) is 0 Å². The first-order valence-electron chi connectivity index (χ1n) is 11.7. The monoisotopic (exact) mass is 437 g/mol. The summed E-state index contributed by atoms with van der Waals surface area (Å²) in [5, 5.41) is 9.63. The Morgan fingerprint density at radius 3 is 2.70 bits per heavy atom. The smallest absolute Gasteiger partial charge is 0.281 e. The summed E-state index contributed by atoms with van der Waals surface area (Å²) < 4.78 is 3.72. The van der Waals surface area contributed by atoms with Crippen LogP contribution < -0.4 is 21.3 Å². The fourth-order valence-corrected chi connectivity index (χ4v) is 4.52. The molecule has 1 N–H and O–H groups in total. The first kappa shape index (κ1) is 20.0. The van der Waals surface area contributed by atoms with Crippen molar-refractivity contribution in [2.75, 3.05) is 7.05 Å². The van der Waals surface area contributed by atoms with E-state index in [1.165, 1.54) is 30.4 Å². The van der Waals surface area contributed by atoms with Crippen LogP contribution in [0.4, 0.5) is 0 Å². The summed E-state index contributed by atoms with van der Waals surface area (Å²) in [6.45, 7) is 5.01. The largest absolute Gasteiger partial charge is 0.393 e. The molecule has 1 aromatic carbocycles. The van der Waals surface area contributed by atoms with Crippen molar-refractivity contribution in [1.82, 2.24) is 24.6 Å². The Morgan fingerprint density at radius 1 is 1.15 bits per heavy atom. The highest BCUT2D eigenvalue weighted by Crippen LogP contribution is 2.39. The summed E-state index contributed by atoms with van der Waals surface area (Å²) in [6, 6.07) is 11.9. The van der Waals surface area contributed by atoms with Gasteiger partial charge in [0.25, 0.3) is 5.56 Å². The van der Waals surface area contributed by atoms with Gasteiger partial charge in [0, 0.05) is 49.4 Å². The van der Waals surface area contributed by atoms with Gasteiger partial charge in [0.2, 0.25) is 0 Å². The van der Waals surface area contributed by atoms with Crippen molar-refractivity contribution in [3.63, 3.8) is 0 Å². The Morgan fingerprint density at radius 2 is 2.00 bits per heavy atom. The van der Waals surface area contributed by atoms with Crippen molar-refractivity contribution in [2.24, 2.45) is 5.92 Å². The third kappa shape index (κ3) is 3.65. The molecule has 0 amide bonds. The molecule has 4 aromatic rings. The van der Waals surface area contributed by atoms with Gasteiger partial charge in [-0.1, -0.05) is 18.7 Å². The lowest BCUT2D eigenvalue weighted by molar-refractivity contribution is 0.646. The fourth-order valence-electron chi connectivity index (χ4n) is 4.52. The van der Waals surface area contributed by atoms with Crippen molar-refractivity contribution in [1.29, 1.82) is 0 Å². The SMILES string of the molecule is C=c1ccc(-n2nc3ccn(CC4CC4)c3c(-c3ccc(C4CC4)nc3)c2=O)c/c1=C/NC. The van der Waals surface area contributed by atoms with Crippen LogP contribution in [0.15, 0.2) is 53.6 Å². The van der Waals surface area contributed by atoms with E-state index in [-0.39, 0.29) is 5.56 Å². The van der Waals surface area contributed by atoms with Crippen LogP contribution in [0, 0.1) is 5.92 Å². The maximum absolute atomic E-state index is 13.9. The van der Waals surface area contributed by atoms with Crippen LogP contribution in [0.1, 0.15) is 37.3 Å². The second-order valence-corrected chi connectivity index (χ2v) is 9.30. The van der Waals surface area contributed by atoms with E-state index in [4.69, 9.17) is 10.1 Å². The molecule has 0 bridgehead atoms. The maximum Gasteiger partial charge on any atom is 0.281 e. The average Bonchev–Trinajstić information content (AvgIpc) is 3.75. The van der Waals surface area contributed by atoms with Gasteiger partial charge in [-0.25, -0.2) is 0 Å². The number of hydrogen-bond donors (Lipinski definition) is 1. The van der Waals surface area contributed by atoms with Gasteiger partial charge in [0.1, 0.15) is 5.52 Å². The molecule has 3 aromatic heterocycles. The van der Waals surface area contributed by atoms with Gasteiger partial charge >= 0.3 is 0 Å². The van der Waals surface area contributed by atoms with Crippen LogP contribution >= 0.6 is 0 Å². The number of nitrogens with one attached hydrogen (secondary N) is 1. The minimum Gasteiger partial charge on any atom is -0.393 e. The number of hydrogen-bond acceptors (Lipinski definition) is 4. The number of nitrogens with zero attached hydrogens (tertiary/aromatic N) is 4. The van der Waals surface area contributed by atoms with Crippen molar-refractivity contribution >= 4 is 23.8 Å². The quantitative estimate of drug-likeness (QED) is 0.504. The van der Waals surface area contributed by atoms with Gasteiger partial charge in [-0.2, -0.15) is 9.78 Å². The predicted octanol–water partition coefficient (Wildman–Crippen LogP) is 2.90. The second-order valence-electron chi connectivity index (χ2n) is 9.30. The molecule has 0 radical (unpaired) electrons. The molecule has 3 heterocycles. The van der Waals surface area contributed by atoms with Crippen LogP contribution in [0.25, 0.3) is 40.6 Å². The molecule has 6 rings (SSSR count). The van der Waals surface area contributed by atoms with Gasteiger partial charge in [-0.3, -0.25) is 9.78 Å². The Hall–Kier alpha value is -3.67. The predicted molar refractivity (Wildman–Crippen MR) is 132 cm³/mol. The van der Waals surface area contributed by atoms with Crippen LogP contribution in [0.5, 0.6) is 0 Å². The third-order valence-electron chi connectivity index (χ3n) is 6.69. The molecule has 33 heavy (non-hydrogen) atoms. The molecule has 0 saturated heterocycles. The van der Waals surface area contributed by atoms with Crippen molar-refractivity contribution in [3.8, 4) is 16.8 Å². The fraction of sp³-hybridized carbons (Fsp3) is 0.296. The lowest BCUT2D eigenvalue weighted by atomic mass is 10.1. The van der Waals surface area contributed by atoms with E-state index in [9.17, 15) is 4.79 Å². The molecule has 6 nitrogen and oxygen atoms in total.